The number of imidazole rings is 1. The fourth-order valence-corrected chi connectivity index (χ4v) is 5.75. The molecule has 6 rings (SSSR count). The lowest BCUT2D eigenvalue weighted by Crippen LogP contribution is -2.61. The summed E-state index contributed by atoms with van der Waals surface area (Å²) in [5.74, 6) is -2.25. The first-order valence-electron chi connectivity index (χ1n) is 11.6. The van der Waals surface area contributed by atoms with Crippen LogP contribution >= 0.6 is 0 Å². The number of β-lactam (4-membered cyclic amide) rings is 1. The molecule has 8 nitrogen and oxygen atoms in total. The highest BCUT2D eigenvalue weighted by atomic mass is 16.4. The molecule has 3 heterocycles. The van der Waals surface area contributed by atoms with Crippen molar-refractivity contribution in [1.29, 1.82) is 0 Å². The molecule has 1 amide bonds. The maximum atomic E-state index is 13.4. The zero-order chi connectivity index (χ0) is 24.6. The molecular weight excluding hydrogens is 446 g/mol. The minimum atomic E-state index is -1.18. The molecular formula is C27H24N3O5+. The minimum absolute atomic E-state index is 0.0537. The summed E-state index contributed by atoms with van der Waals surface area (Å²) in [4.78, 5) is 39.3. The number of aliphatic carboxylic acids is 1. The summed E-state index contributed by atoms with van der Waals surface area (Å²) in [6.07, 6.45) is 5.39. The van der Waals surface area contributed by atoms with E-state index in [0.717, 1.165) is 16.7 Å². The van der Waals surface area contributed by atoms with E-state index in [1.54, 1.807) is 13.0 Å². The number of aryl methyl sites for hydroxylation is 1. The van der Waals surface area contributed by atoms with E-state index in [4.69, 9.17) is 0 Å². The number of hydrogen-bond acceptors (Lipinski definition) is 4. The van der Waals surface area contributed by atoms with Crippen LogP contribution in [-0.2, 0) is 23.2 Å². The van der Waals surface area contributed by atoms with Crippen molar-refractivity contribution in [1.82, 2.24) is 9.47 Å². The molecule has 35 heavy (non-hydrogen) atoms. The molecule has 3 aliphatic rings. The molecule has 1 aromatic heterocycles. The lowest BCUT2D eigenvalue weighted by Gasteiger charge is -2.44. The van der Waals surface area contributed by atoms with Crippen molar-refractivity contribution >= 4 is 23.2 Å². The van der Waals surface area contributed by atoms with Gasteiger partial charge in [-0.1, -0.05) is 24.3 Å². The van der Waals surface area contributed by atoms with Gasteiger partial charge in [-0.2, -0.15) is 0 Å². The van der Waals surface area contributed by atoms with E-state index < -0.39 is 18.0 Å². The number of fused-ring (bicyclic) bond motifs is 4. The fraction of sp³-hybridized carbons (Fsp3) is 0.259. The molecule has 2 N–H and O–H groups in total. The van der Waals surface area contributed by atoms with Gasteiger partial charge in [0.25, 0.3) is 0 Å². The van der Waals surface area contributed by atoms with Crippen molar-refractivity contribution in [2.45, 2.75) is 32.0 Å². The Balaban J connectivity index is 1.35. The molecule has 2 aliphatic heterocycles. The van der Waals surface area contributed by atoms with E-state index in [2.05, 4.69) is 0 Å². The van der Waals surface area contributed by atoms with E-state index in [-0.39, 0.29) is 23.4 Å². The summed E-state index contributed by atoms with van der Waals surface area (Å²) >= 11 is 0. The fourth-order valence-electron chi connectivity index (χ4n) is 5.75. The Hall–Kier alpha value is -4.04. The van der Waals surface area contributed by atoms with Crippen molar-refractivity contribution in [3.05, 3.63) is 83.1 Å². The Morgan fingerprint density at radius 3 is 2.49 bits per heavy atom. The molecule has 8 heteroatoms. The molecule has 176 valence electrons. The van der Waals surface area contributed by atoms with Gasteiger partial charge in [0.2, 0.25) is 12.2 Å². The van der Waals surface area contributed by atoms with Gasteiger partial charge >= 0.3 is 5.97 Å². The number of aliphatic hydroxyl groups excluding tert-OH is 1. The molecule has 0 unspecified atom stereocenters. The van der Waals surface area contributed by atoms with E-state index >= 15 is 0 Å². The van der Waals surface area contributed by atoms with Gasteiger partial charge in [-0.05, 0) is 53.3 Å². The summed E-state index contributed by atoms with van der Waals surface area (Å²) in [7, 11) is 1.95. The van der Waals surface area contributed by atoms with Crippen LogP contribution in [0, 0.1) is 5.92 Å². The smallest absolute Gasteiger partial charge is 0.352 e. The summed E-state index contributed by atoms with van der Waals surface area (Å²) < 4.78 is 4.00. The normalized spacial score (nSPS) is 21.1. The van der Waals surface area contributed by atoms with Crippen molar-refractivity contribution < 1.29 is 29.2 Å². The maximum Gasteiger partial charge on any atom is 0.352 e. The number of rotatable bonds is 5. The second kappa shape index (κ2) is 7.48. The first-order chi connectivity index (χ1) is 16.7. The van der Waals surface area contributed by atoms with Crippen LogP contribution in [-0.4, -0.2) is 49.5 Å². The molecule has 3 aromatic rings. The molecule has 1 saturated heterocycles. The number of aliphatic hydroxyl groups is 1. The number of aromatic nitrogens is 2. The Kier molecular flexibility index (Phi) is 4.59. The number of carbonyl (C=O) groups is 3. The molecule has 0 spiro atoms. The second-order valence-electron chi connectivity index (χ2n) is 9.60. The molecule has 0 saturated carbocycles. The van der Waals surface area contributed by atoms with Crippen molar-refractivity contribution in [3.8, 4) is 11.1 Å². The maximum absolute atomic E-state index is 13.4. The Morgan fingerprint density at radius 2 is 1.83 bits per heavy atom. The molecule has 2 aromatic carbocycles. The third-order valence-corrected chi connectivity index (χ3v) is 7.35. The first kappa shape index (κ1) is 21.5. The lowest BCUT2D eigenvalue weighted by molar-refractivity contribution is -0.671. The predicted octanol–water partition coefficient (Wildman–Crippen LogP) is 1.98. The van der Waals surface area contributed by atoms with Crippen LogP contribution in [0.2, 0.25) is 0 Å². The van der Waals surface area contributed by atoms with E-state index in [1.807, 2.05) is 65.2 Å². The van der Waals surface area contributed by atoms with Crippen molar-refractivity contribution in [3.63, 3.8) is 0 Å². The van der Waals surface area contributed by atoms with E-state index in [0.29, 0.717) is 35.2 Å². The van der Waals surface area contributed by atoms with Gasteiger partial charge in [0, 0.05) is 11.1 Å². The van der Waals surface area contributed by atoms with Gasteiger partial charge in [-0.25, -0.2) is 13.9 Å². The molecule has 0 bridgehead atoms. The summed E-state index contributed by atoms with van der Waals surface area (Å²) in [5, 5.41) is 19.9. The zero-order valence-electron chi connectivity index (χ0n) is 19.3. The number of carboxylic acid groups (broad SMARTS) is 1. The van der Waals surface area contributed by atoms with Gasteiger partial charge in [0.1, 0.15) is 24.6 Å². The van der Waals surface area contributed by atoms with Crippen LogP contribution in [0.4, 0.5) is 0 Å². The Labute approximate surface area is 201 Å². The van der Waals surface area contributed by atoms with Gasteiger partial charge in [-0.15, -0.1) is 0 Å². The zero-order valence-corrected chi connectivity index (χ0v) is 19.3. The number of carbonyl (C=O) groups excluding carboxylic acids is 2. The summed E-state index contributed by atoms with van der Waals surface area (Å²) in [5.41, 5.74) is 4.96. The average Bonchev–Trinajstić information content (AvgIpc) is 3.46. The highest BCUT2D eigenvalue weighted by molar-refractivity contribution is 6.22. The van der Waals surface area contributed by atoms with Gasteiger partial charge in [0.05, 0.1) is 25.1 Å². The van der Waals surface area contributed by atoms with Crippen molar-refractivity contribution in [2.24, 2.45) is 13.0 Å². The predicted molar refractivity (Wildman–Crippen MR) is 125 cm³/mol. The average molecular weight is 471 g/mol. The summed E-state index contributed by atoms with van der Waals surface area (Å²) in [6, 6.07) is 11.0. The number of nitrogens with zero attached hydrogens (tertiary/aromatic N) is 3. The first-order valence-corrected chi connectivity index (χ1v) is 11.6. The largest absolute Gasteiger partial charge is 0.477 e. The number of benzene rings is 2. The molecule has 3 atom stereocenters. The highest BCUT2D eigenvalue weighted by Gasteiger charge is 2.56. The SMILES string of the molecule is C[C@@H](O)[C@H]1C(=O)N2C(C(=O)O)=C(c3ccc4c(c3)C(=O)c3cc(Cn5cc[n+](C)c5)ccc3-4)C[C@H]12. The Morgan fingerprint density at radius 1 is 1.11 bits per heavy atom. The van der Waals surface area contributed by atoms with Gasteiger partial charge < -0.3 is 15.1 Å². The van der Waals surface area contributed by atoms with Crippen molar-refractivity contribution in [2.75, 3.05) is 0 Å². The van der Waals surface area contributed by atoms with Gasteiger partial charge in [0.15, 0.2) is 5.78 Å². The number of carboxylic acids is 1. The number of hydrogen-bond donors (Lipinski definition) is 2. The lowest BCUT2D eigenvalue weighted by atomic mass is 9.82. The number of ketones is 1. The quantitative estimate of drug-likeness (QED) is 0.343. The standard InChI is InChI=1S/C27H23N3O5/c1-14(31)23-22-11-19(24(27(34)35)30(22)26(23)33)16-4-6-18-17-5-3-15(12-29-8-7-28(2)13-29)9-20(17)25(32)21(18)10-16/h3-10,13-14,22-23,31H,11-12H2,1-2H3/p+1/t14-,22-,23-/m1/s1. The second-order valence-corrected chi connectivity index (χ2v) is 9.60. The van der Waals surface area contributed by atoms with Crippen LogP contribution in [0.15, 0.2) is 60.8 Å². The third-order valence-electron chi connectivity index (χ3n) is 7.35. The topological polar surface area (TPSA) is 104 Å². The van der Waals surface area contributed by atoms with Crippen LogP contribution in [0.25, 0.3) is 16.7 Å². The third kappa shape index (κ3) is 3.10. The monoisotopic (exact) mass is 470 g/mol. The van der Waals surface area contributed by atoms with Crippen LogP contribution in [0.1, 0.15) is 40.4 Å². The van der Waals surface area contributed by atoms with E-state index in [9.17, 15) is 24.6 Å². The van der Waals surface area contributed by atoms with Crippen LogP contribution in [0.3, 0.4) is 0 Å². The Bertz CT molecular complexity index is 1480. The molecule has 0 radical (unpaired) electrons. The van der Waals surface area contributed by atoms with Crippen LogP contribution < -0.4 is 4.57 Å². The minimum Gasteiger partial charge on any atom is -0.477 e. The highest BCUT2D eigenvalue weighted by Crippen LogP contribution is 2.48. The van der Waals surface area contributed by atoms with Crippen LogP contribution in [0.5, 0.6) is 0 Å². The summed E-state index contributed by atoms with van der Waals surface area (Å²) in [6.45, 7) is 2.20. The molecule has 1 fully saturated rings. The molecule has 1 aliphatic carbocycles. The van der Waals surface area contributed by atoms with Gasteiger partial charge in [-0.3, -0.25) is 9.59 Å². The van der Waals surface area contributed by atoms with E-state index in [1.165, 1.54) is 4.90 Å². The number of amides is 1.